The van der Waals surface area contributed by atoms with Gasteiger partial charge < -0.3 is 0 Å². The van der Waals surface area contributed by atoms with Gasteiger partial charge in [-0.2, -0.15) is 0 Å². The van der Waals surface area contributed by atoms with Gasteiger partial charge in [-0.1, -0.05) is 6.92 Å². The molecule has 1 aromatic rings. The van der Waals surface area contributed by atoms with Gasteiger partial charge >= 0.3 is 5.69 Å². The molecule has 0 radical (unpaired) electrons. The molecule has 1 saturated carbocycles. The van der Waals surface area contributed by atoms with E-state index in [1.165, 1.54) is 12.8 Å². The van der Waals surface area contributed by atoms with E-state index in [0.717, 1.165) is 25.4 Å². The number of aryl methyl sites for hydroxylation is 1. The fraction of sp³-hybridized carbons (Fsp3) is 0.700. The van der Waals surface area contributed by atoms with Crippen LogP contribution in [0.25, 0.3) is 0 Å². The Kier molecular flexibility index (Phi) is 2.25. The fourth-order valence-corrected chi connectivity index (χ4v) is 1.58. The highest BCUT2D eigenvalue weighted by atomic mass is 16.1. The largest absolute Gasteiger partial charge is 0.328 e. The molecule has 0 saturated heterocycles. The predicted molar refractivity (Wildman–Crippen MR) is 51.7 cm³/mol. The van der Waals surface area contributed by atoms with E-state index in [2.05, 4.69) is 6.92 Å². The Labute approximate surface area is 78.0 Å². The standard InChI is InChI=1S/C10H16N2O/c1-2-5-11-6-7-12(10(11)13)8-9-3-4-9/h6-7,9H,2-5,8H2,1H3. The Bertz CT molecular complexity index is 333. The first-order valence-electron chi connectivity index (χ1n) is 5.07. The molecule has 0 bridgehead atoms. The minimum Gasteiger partial charge on any atom is -0.299 e. The summed E-state index contributed by atoms with van der Waals surface area (Å²) in [6.07, 6.45) is 7.43. The Hall–Kier alpha value is -0.990. The number of nitrogens with zero attached hydrogens (tertiary/aromatic N) is 2. The molecule has 1 fully saturated rings. The van der Waals surface area contributed by atoms with Crippen LogP contribution in [0, 0.1) is 5.92 Å². The molecule has 0 unspecified atom stereocenters. The van der Waals surface area contributed by atoms with Crippen LogP contribution >= 0.6 is 0 Å². The first-order valence-corrected chi connectivity index (χ1v) is 5.07. The van der Waals surface area contributed by atoms with Crippen LogP contribution in [-0.2, 0) is 13.1 Å². The molecular weight excluding hydrogens is 164 g/mol. The zero-order valence-corrected chi connectivity index (χ0v) is 8.07. The zero-order chi connectivity index (χ0) is 9.26. The summed E-state index contributed by atoms with van der Waals surface area (Å²) in [5.74, 6) is 0.773. The number of hydrogen-bond acceptors (Lipinski definition) is 1. The molecule has 2 rings (SSSR count). The molecule has 0 N–H and O–H groups in total. The van der Waals surface area contributed by atoms with Gasteiger partial charge in [0.1, 0.15) is 0 Å². The topological polar surface area (TPSA) is 26.9 Å². The lowest BCUT2D eigenvalue weighted by molar-refractivity contribution is 0.570. The summed E-state index contributed by atoms with van der Waals surface area (Å²) in [6, 6.07) is 0. The van der Waals surface area contributed by atoms with Gasteiger partial charge in [-0.05, 0) is 25.2 Å². The Morgan fingerprint density at radius 1 is 1.38 bits per heavy atom. The van der Waals surface area contributed by atoms with Crippen LogP contribution in [0.2, 0.25) is 0 Å². The van der Waals surface area contributed by atoms with Gasteiger partial charge in [-0.3, -0.25) is 9.13 Å². The van der Waals surface area contributed by atoms with Gasteiger partial charge in [-0.15, -0.1) is 0 Å². The number of hydrogen-bond donors (Lipinski definition) is 0. The van der Waals surface area contributed by atoms with E-state index in [1.807, 2.05) is 17.0 Å². The van der Waals surface area contributed by atoms with Gasteiger partial charge in [-0.25, -0.2) is 4.79 Å². The summed E-state index contributed by atoms with van der Waals surface area (Å²) in [5, 5.41) is 0. The number of rotatable bonds is 4. The molecule has 1 aliphatic rings. The Balaban J connectivity index is 2.12. The molecule has 72 valence electrons. The van der Waals surface area contributed by atoms with Crippen LogP contribution in [0.1, 0.15) is 26.2 Å². The average molecular weight is 180 g/mol. The first kappa shape index (κ1) is 8.60. The first-order chi connectivity index (χ1) is 6.31. The molecule has 1 heterocycles. The molecule has 0 amide bonds. The highest BCUT2D eigenvalue weighted by Gasteiger charge is 2.22. The third-order valence-corrected chi connectivity index (χ3v) is 2.53. The molecular formula is C10H16N2O. The van der Waals surface area contributed by atoms with Crippen LogP contribution in [0.5, 0.6) is 0 Å². The average Bonchev–Trinajstić information content (AvgIpc) is 2.86. The second kappa shape index (κ2) is 3.40. The lowest BCUT2D eigenvalue weighted by Gasteiger charge is -1.98. The van der Waals surface area contributed by atoms with Crippen LogP contribution in [-0.4, -0.2) is 9.13 Å². The second-order valence-corrected chi connectivity index (χ2v) is 3.87. The lowest BCUT2D eigenvalue weighted by Crippen LogP contribution is -2.24. The van der Waals surface area contributed by atoms with Gasteiger partial charge in [0.2, 0.25) is 0 Å². The van der Waals surface area contributed by atoms with Crippen LogP contribution in [0.4, 0.5) is 0 Å². The molecule has 0 spiro atoms. The summed E-state index contributed by atoms with van der Waals surface area (Å²) >= 11 is 0. The van der Waals surface area contributed by atoms with E-state index >= 15 is 0 Å². The van der Waals surface area contributed by atoms with Crippen LogP contribution in [0.15, 0.2) is 17.2 Å². The van der Waals surface area contributed by atoms with E-state index in [0.29, 0.717) is 0 Å². The van der Waals surface area contributed by atoms with Crippen molar-refractivity contribution in [3.8, 4) is 0 Å². The Morgan fingerprint density at radius 2 is 2.08 bits per heavy atom. The molecule has 0 aliphatic heterocycles. The van der Waals surface area contributed by atoms with Crippen molar-refractivity contribution in [2.45, 2.75) is 39.3 Å². The highest BCUT2D eigenvalue weighted by Crippen LogP contribution is 2.29. The van der Waals surface area contributed by atoms with Crippen molar-refractivity contribution in [3.63, 3.8) is 0 Å². The smallest absolute Gasteiger partial charge is 0.299 e. The molecule has 13 heavy (non-hydrogen) atoms. The van der Waals surface area contributed by atoms with E-state index < -0.39 is 0 Å². The Morgan fingerprint density at radius 3 is 2.69 bits per heavy atom. The van der Waals surface area contributed by atoms with Crippen molar-refractivity contribution in [1.29, 1.82) is 0 Å². The quantitative estimate of drug-likeness (QED) is 0.689. The molecule has 0 aromatic carbocycles. The predicted octanol–water partition coefficient (Wildman–Crippen LogP) is 1.47. The monoisotopic (exact) mass is 180 g/mol. The zero-order valence-electron chi connectivity index (χ0n) is 8.07. The van der Waals surface area contributed by atoms with Gasteiger partial charge in [0.05, 0.1) is 0 Å². The second-order valence-electron chi connectivity index (χ2n) is 3.87. The summed E-state index contributed by atoms with van der Waals surface area (Å²) in [5.41, 5.74) is 0.161. The maximum absolute atomic E-state index is 11.6. The minimum absolute atomic E-state index is 0.161. The molecule has 1 aliphatic carbocycles. The summed E-state index contributed by atoms with van der Waals surface area (Å²) in [4.78, 5) is 11.6. The molecule has 1 aromatic heterocycles. The van der Waals surface area contributed by atoms with Gasteiger partial charge in [0.15, 0.2) is 0 Å². The summed E-state index contributed by atoms with van der Waals surface area (Å²) < 4.78 is 3.63. The molecule has 3 heteroatoms. The van der Waals surface area contributed by atoms with Gasteiger partial charge in [0, 0.05) is 25.5 Å². The van der Waals surface area contributed by atoms with Crippen molar-refractivity contribution < 1.29 is 0 Å². The summed E-state index contributed by atoms with van der Waals surface area (Å²) in [7, 11) is 0. The van der Waals surface area contributed by atoms with Crippen molar-refractivity contribution in [1.82, 2.24) is 9.13 Å². The van der Waals surface area contributed by atoms with Crippen LogP contribution < -0.4 is 5.69 Å². The van der Waals surface area contributed by atoms with Crippen molar-refractivity contribution in [3.05, 3.63) is 22.9 Å². The van der Waals surface area contributed by atoms with Gasteiger partial charge in [0.25, 0.3) is 0 Å². The van der Waals surface area contributed by atoms with Crippen molar-refractivity contribution in [2.75, 3.05) is 0 Å². The SMILES string of the molecule is CCCn1ccn(CC2CC2)c1=O. The van der Waals surface area contributed by atoms with Crippen LogP contribution in [0.3, 0.4) is 0 Å². The highest BCUT2D eigenvalue weighted by molar-refractivity contribution is 4.84. The van der Waals surface area contributed by atoms with E-state index in [9.17, 15) is 4.79 Å². The minimum atomic E-state index is 0.161. The van der Waals surface area contributed by atoms with Crippen molar-refractivity contribution in [2.24, 2.45) is 5.92 Å². The normalized spacial score (nSPS) is 16.4. The number of imidazole rings is 1. The third-order valence-electron chi connectivity index (χ3n) is 2.53. The van der Waals surface area contributed by atoms with E-state index in [1.54, 1.807) is 4.57 Å². The molecule has 3 nitrogen and oxygen atoms in total. The van der Waals surface area contributed by atoms with Crippen molar-refractivity contribution >= 4 is 0 Å². The lowest BCUT2D eigenvalue weighted by atomic mass is 10.4. The third kappa shape index (κ3) is 1.85. The maximum atomic E-state index is 11.6. The number of aromatic nitrogens is 2. The molecule has 0 atom stereocenters. The maximum Gasteiger partial charge on any atom is 0.328 e. The fourth-order valence-electron chi connectivity index (χ4n) is 1.58. The van der Waals surface area contributed by atoms with E-state index in [-0.39, 0.29) is 5.69 Å². The summed E-state index contributed by atoms with van der Waals surface area (Å²) in [6.45, 7) is 3.86. The van der Waals surface area contributed by atoms with E-state index in [4.69, 9.17) is 0 Å².